The second-order valence-corrected chi connectivity index (χ2v) is 4.68. The van der Waals surface area contributed by atoms with Crippen molar-refractivity contribution in [3.05, 3.63) is 0 Å². The van der Waals surface area contributed by atoms with Gasteiger partial charge in [-0.15, -0.1) is 0 Å². The molecule has 0 aromatic carbocycles. The molecule has 1 amide bonds. The minimum absolute atomic E-state index is 0.0165. The van der Waals surface area contributed by atoms with E-state index in [1.165, 1.54) is 0 Å². The summed E-state index contributed by atoms with van der Waals surface area (Å²) in [7, 11) is 0. The standard InChI is InChI=1S/C11H22N2O2/c1-8(2)6-13-11(15)7-12-9-4-3-5-10(9)14/h8-10,12,14H,3-7H2,1-2H3,(H,13,15)/t9-,10-/m1/s1. The summed E-state index contributed by atoms with van der Waals surface area (Å²) in [6, 6.07) is 0.106. The Bertz CT molecular complexity index is 207. The third-order valence-corrected chi connectivity index (χ3v) is 2.71. The quantitative estimate of drug-likeness (QED) is 0.615. The van der Waals surface area contributed by atoms with Crippen molar-refractivity contribution in [2.24, 2.45) is 5.92 Å². The van der Waals surface area contributed by atoms with Gasteiger partial charge in [0.2, 0.25) is 5.91 Å². The molecule has 0 aliphatic heterocycles. The molecule has 88 valence electrons. The first-order valence-corrected chi connectivity index (χ1v) is 5.77. The zero-order valence-electron chi connectivity index (χ0n) is 9.62. The van der Waals surface area contributed by atoms with Gasteiger partial charge in [-0.3, -0.25) is 4.79 Å². The Kier molecular flexibility index (Phi) is 5.05. The zero-order chi connectivity index (χ0) is 11.3. The lowest BCUT2D eigenvalue weighted by Gasteiger charge is -2.16. The van der Waals surface area contributed by atoms with E-state index in [1.807, 2.05) is 0 Å². The van der Waals surface area contributed by atoms with Crippen LogP contribution in [0.25, 0.3) is 0 Å². The van der Waals surface area contributed by atoms with Crippen LogP contribution in [0.1, 0.15) is 33.1 Å². The Hall–Kier alpha value is -0.610. The van der Waals surface area contributed by atoms with Crippen molar-refractivity contribution in [3.63, 3.8) is 0 Å². The smallest absolute Gasteiger partial charge is 0.233 e. The zero-order valence-corrected chi connectivity index (χ0v) is 9.62. The molecule has 1 aliphatic rings. The molecule has 0 saturated heterocycles. The predicted molar refractivity (Wildman–Crippen MR) is 59.5 cm³/mol. The first-order valence-electron chi connectivity index (χ1n) is 5.77. The number of hydrogen-bond donors (Lipinski definition) is 3. The maximum Gasteiger partial charge on any atom is 0.233 e. The second-order valence-electron chi connectivity index (χ2n) is 4.68. The largest absolute Gasteiger partial charge is 0.392 e. The number of aliphatic hydroxyl groups excluding tert-OH is 1. The SMILES string of the molecule is CC(C)CNC(=O)CN[C@@H]1CCC[C@H]1O. The Morgan fingerprint density at radius 2 is 2.20 bits per heavy atom. The summed E-state index contributed by atoms with van der Waals surface area (Å²) in [6.45, 7) is 5.16. The van der Waals surface area contributed by atoms with Crippen LogP contribution in [0.3, 0.4) is 0 Å². The Labute approximate surface area is 91.4 Å². The van der Waals surface area contributed by atoms with Gasteiger partial charge < -0.3 is 15.7 Å². The van der Waals surface area contributed by atoms with Gasteiger partial charge in [-0.2, -0.15) is 0 Å². The lowest BCUT2D eigenvalue weighted by Crippen LogP contribution is -2.43. The first-order chi connectivity index (χ1) is 7.09. The maximum atomic E-state index is 11.4. The molecule has 4 nitrogen and oxygen atoms in total. The highest BCUT2D eigenvalue weighted by Crippen LogP contribution is 2.18. The molecule has 0 heterocycles. The molecular weight excluding hydrogens is 192 g/mol. The van der Waals surface area contributed by atoms with E-state index >= 15 is 0 Å². The molecule has 0 aromatic rings. The number of hydrogen-bond acceptors (Lipinski definition) is 3. The molecule has 0 spiro atoms. The molecule has 0 bridgehead atoms. The van der Waals surface area contributed by atoms with Crippen molar-refractivity contribution in [1.29, 1.82) is 0 Å². The number of rotatable bonds is 5. The van der Waals surface area contributed by atoms with Crippen LogP contribution in [0.15, 0.2) is 0 Å². The normalized spacial score (nSPS) is 25.9. The molecule has 0 unspecified atom stereocenters. The van der Waals surface area contributed by atoms with E-state index < -0.39 is 0 Å². The number of carbonyl (C=O) groups is 1. The average molecular weight is 214 g/mol. The molecule has 0 radical (unpaired) electrons. The van der Waals surface area contributed by atoms with Crippen molar-refractivity contribution in [1.82, 2.24) is 10.6 Å². The van der Waals surface area contributed by atoms with Gasteiger partial charge in [0.25, 0.3) is 0 Å². The molecular formula is C11H22N2O2. The topological polar surface area (TPSA) is 61.4 Å². The molecule has 1 aliphatic carbocycles. The molecule has 15 heavy (non-hydrogen) atoms. The van der Waals surface area contributed by atoms with Crippen LogP contribution >= 0.6 is 0 Å². The van der Waals surface area contributed by atoms with Crippen molar-refractivity contribution in [3.8, 4) is 0 Å². The maximum absolute atomic E-state index is 11.4. The van der Waals surface area contributed by atoms with E-state index in [1.54, 1.807) is 0 Å². The van der Waals surface area contributed by atoms with Crippen LogP contribution in [-0.2, 0) is 4.79 Å². The summed E-state index contributed by atoms with van der Waals surface area (Å²) in [4.78, 5) is 11.4. The molecule has 1 saturated carbocycles. The van der Waals surface area contributed by atoms with E-state index in [0.29, 0.717) is 19.0 Å². The van der Waals surface area contributed by atoms with Crippen molar-refractivity contribution in [2.45, 2.75) is 45.3 Å². The molecule has 2 atom stereocenters. The Balaban J connectivity index is 2.11. The van der Waals surface area contributed by atoms with Crippen LogP contribution in [0, 0.1) is 5.92 Å². The molecule has 3 N–H and O–H groups in total. The van der Waals surface area contributed by atoms with E-state index in [4.69, 9.17) is 0 Å². The fraction of sp³-hybridized carbons (Fsp3) is 0.909. The van der Waals surface area contributed by atoms with Gasteiger partial charge in [-0.25, -0.2) is 0 Å². The number of carbonyl (C=O) groups excluding carboxylic acids is 1. The van der Waals surface area contributed by atoms with Gasteiger partial charge in [0.1, 0.15) is 0 Å². The number of nitrogens with one attached hydrogen (secondary N) is 2. The van der Waals surface area contributed by atoms with E-state index in [2.05, 4.69) is 24.5 Å². The number of aliphatic hydroxyl groups is 1. The summed E-state index contributed by atoms with van der Waals surface area (Å²) in [6.07, 6.45) is 2.60. The van der Waals surface area contributed by atoms with Crippen molar-refractivity contribution in [2.75, 3.05) is 13.1 Å². The van der Waals surface area contributed by atoms with Gasteiger partial charge in [0.15, 0.2) is 0 Å². The highest BCUT2D eigenvalue weighted by Gasteiger charge is 2.24. The number of amides is 1. The lowest BCUT2D eigenvalue weighted by molar-refractivity contribution is -0.120. The molecule has 4 heteroatoms. The minimum Gasteiger partial charge on any atom is -0.392 e. The Morgan fingerprint density at radius 1 is 1.47 bits per heavy atom. The third kappa shape index (κ3) is 4.62. The van der Waals surface area contributed by atoms with Crippen molar-refractivity contribution >= 4 is 5.91 Å². The molecule has 1 fully saturated rings. The predicted octanol–water partition coefficient (Wildman–Crippen LogP) is 0.262. The Morgan fingerprint density at radius 3 is 2.73 bits per heavy atom. The van der Waals surface area contributed by atoms with Gasteiger partial charge in [0.05, 0.1) is 12.6 Å². The average Bonchev–Trinajstić information content (AvgIpc) is 2.58. The summed E-state index contributed by atoms with van der Waals surface area (Å²) >= 11 is 0. The summed E-state index contributed by atoms with van der Waals surface area (Å²) in [5, 5.41) is 15.5. The minimum atomic E-state index is -0.275. The second kappa shape index (κ2) is 6.08. The van der Waals surface area contributed by atoms with Gasteiger partial charge in [0, 0.05) is 12.6 Å². The van der Waals surface area contributed by atoms with Gasteiger partial charge >= 0.3 is 0 Å². The fourth-order valence-corrected chi connectivity index (χ4v) is 1.78. The van der Waals surface area contributed by atoms with Gasteiger partial charge in [-0.05, 0) is 25.2 Å². The van der Waals surface area contributed by atoms with Crippen LogP contribution in [-0.4, -0.2) is 36.2 Å². The lowest BCUT2D eigenvalue weighted by atomic mass is 10.2. The van der Waals surface area contributed by atoms with Crippen LogP contribution < -0.4 is 10.6 Å². The monoisotopic (exact) mass is 214 g/mol. The summed E-state index contributed by atoms with van der Waals surface area (Å²) in [5.74, 6) is 0.494. The first kappa shape index (κ1) is 12.5. The fourth-order valence-electron chi connectivity index (χ4n) is 1.78. The van der Waals surface area contributed by atoms with Crippen LogP contribution in [0.5, 0.6) is 0 Å². The highest BCUT2D eigenvalue weighted by molar-refractivity contribution is 5.78. The van der Waals surface area contributed by atoms with Crippen LogP contribution in [0.2, 0.25) is 0 Å². The molecule has 1 rings (SSSR count). The van der Waals surface area contributed by atoms with E-state index in [0.717, 1.165) is 19.3 Å². The summed E-state index contributed by atoms with van der Waals surface area (Å²) < 4.78 is 0. The van der Waals surface area contributed by atoms with E-state index in [9.17, 15) is 9.90 Å². The van der Waals surface area contributed by atoms with Crippen molar-refractivity contribution < 1.29 is 9.90 Å². The van der Waals surface area contributed by atoms with Gasteiger partial charge in [-0.1, -0.05) is 13.8 Å². The highest BCUT2D eigenvalue weighted by atomic mass is 16.3. The van der Waals surface area contributed by atoms with E-state index in [-0.39, 0.29) is 18.1 Å². The molecule has 0 aromatic heterocycles. The third-order valence-electron chi connectivity index (χ3n) is 2.71. The summed E-state index contributed by atoms with van der Waals surface area (Å²) in [5.41, 5.74) is 0. The van der Waals surface area contributed by atoms with Crippen LogP contribution in [0.4, 0.5) is 0 Å².